The highest BCUT2D eigenvalue weighted by Gasteiger charge is 2.21. The van der Waals surface area contributed by atoms with Gasteiger partial charge in [0.15, 0.2) is 9.96 Å². The van der Waals surface area contributed by atoms with Crippen molar-refractivity contribution < 1.29 is 9.59 Å². The maximum Gasteiger partial charge on any atom is 0.259 e. The second kappa shape index (κ2) is 10.9. The molecular weight excluding hydrogens is 524 g/mol. The lowest BCUT2D eigenvalue weighted by Gasteiger charge is -2.18. The first kappa shape index (κ1) is 26.4. The Morgan fingerprint density at radius 1 is 0.950 bits per heavy atom. The molecule has 0 saturated heterocycles. The molecule has 40 heavy (non-hydrogen) atoms. The maximum absolute atomic E-state index is 13.0. The van der Waals surface area contributed by atoms with Crippen LogP contribution in [-0.2, 0) is 5.41 Å². The molecule has 0 spiro atoms. The molecule has 0 saturated carbocycles. The van der Waals surface area contributed by atoms with E-state index >= 15 is 0 Å². The first-order chi connectivity index (χ1) is 19.2. The molecule has 0 unspecified atom stereocenters. The smallest absolute Gasteiger partial charge is 0.259 e. The second-order valence-electron chi connectivity index (χ2n) is 9.46. The van der Waals surface area contributed by atoms with Crippen LogP contribution in [0.15, 0.2) is 79.3 Å². The zero-order valence-corrected chi connectivity index (χ0v) is 22.7. The summed E-state index contributed by atoms with van der Waals surface area (Å²) in [4.78, 5) is 45.3. The van der Waals surface area contributed by atoms with Crippen molar-refractivity contribution in [3.8, 4) is 6.07 Å². The Kier molecular flexibility index (Phi) is 7.18. The molecule has 2 aromatic carbocycles. The van der Waals surface area contributed by atoms with Gasteiger partial charge >= 0.3 is 0 Å². The molecule has 5 rings (SSSR count). The van der Waals surface area contributed by atoms with Crippen molar-refractivity contribution >= 4 is 56.0 Å². The van der Waals surface area contributed by atoms with Crippen LogP contribution in [0.3, 0.4) is 0 Å². The van der Waals surface area contributed by atoms with E-state index in [1.54, 1.807) is 53.7 Å². The summed E-state index contributed by atoms with van der Waals surface area (Å²) in [5, 5.41) is 15.5. The molecule has 3 aromatic heterocycles. The van der Waals surface area contributed by atoms with Crippen molar-refractivity contribution in [2.45, 2.75) is 19.3 Å². The maximum atomic E-state index is 13.0. The van der Waals surface area contributed by atoms with Crippen molar-refractivity contribution in [1.29, 1.82) is 5.26 Å². The number of nitriles is 1. The van der Waals surface area contributed by atoms with E-state index in [1.807, 2.05) is 45.2 Å². The molecule has 0 atom stereocenters. The van der Waals surface area contributed by atoms with Crippen LogP contribution in [0.1, 0.15) is 40.1 Å². The van der Waals surface area contributed by atoms with E-state index in [9.17, 15) is 14.9 Å². The fourth-order valence-corrected chi connectivity index (χ4v) is 4.63. The van der Waals surface area contributed by atoms with Gasteiger partial charge < -0.3 is 10.2 Å². The van der Waals surface area contributed by atoms with Crippen LogP contribution in [0, 0.1) is 11.3 Å². The molecule has 0 aliphatic rings. The van der Waals surface area contributed by atoms with Crippen molar-refractivity contribution in [3.05, 3.63) is 95.9 Å². The number of nitrogens with one attached hydrogen (secondary N) is 2. The average molecular weight is 549 g/mol. The number of pyridine rings is 1. The third-order valence-corrected chi connectivity index (χ3v) is 7.08. The minimum absolute atomic E-state index is 0.279. The Balaban J connectivity index is 1.32. The number of nitrogens with zero attached hydrogens (tertiary/aromatic N) is 6. The van der Waals surface area contributed by atoms with Crippen LogP contribution in [-0.4, -0.2) is 38.8 Å². The summed E-state index contributed by atoms with van der Waals surface area (Å²) < 4.78 is 0. The van der Waals surface area contributed by atoms with Gasteiger partial charge in [-0.05, 0) is 61.9 Å². The summed E-state index contributed by atoms with van der Waals surface area (Å²) in [7, 11) is 1.82. The minimum Gasteiger partial charge on any atom is -0.322 e. The van der Waals surface area contributed by atoms with E-state index in [-0.39, 0.29) is 11.8 Å². The summed E-state index contributed by atoms with van der Waals surface area (Å²) >= 11 is 1.24. The van der Waals surface area contributed by atoms with Gasteiger partial charge in [0.1, 0.15) is 5.52 Å². The van der Waals surface area contributed by atoms with Gasteiger partial charge in [0.05, 0.1) is 23.2 Å². The van der Waals surface area contributed by atoms with E-state index in [2.05, 4.69) is 36.6 Å². The largest absolute Gasteiger partial charge is 0.322 e. The van der Waals surface area contributed by atoms with Gasteiger partial charge in [-0.25, -0.2) is 9.97 Å². The molecule has 0 bridgehead atoms. The zero-order valence-electron chi connectivity index (χ0n) is 21.9. The van der Waals surface area contributed by atoms with E-state index in [0.717, 1.165) is 11.3 Å². The van der Waals surface area contributed by atoms with Crippen LogP contribution >= 0.6 is 11.3 Å². The van der Waals surface area contributed by atoms with Crippen molar-refractivity contribution in [3.63, 3.8) is 0 Å². The number of amides is 2. The quantitative estimate of drug-likeness (QED) is 0.270. The molecule has 11 heteroatoms. The summed E-state index contributed by atoms with van der Waals surface area (Å²) in [6, 6.07) is 20.0. The lowest BCUT2D eigenvalue weighted by Crippen LogP contribution is -2.17. The number of anilines is 4. The lowest BCUT2D eigenvalue weighted by molar-refractivity contribution is 0.101. The molecule has 3 heterocycles. The first-order valence-corrected chi connectivity index (χ1v) is 13.1. The van der Waals surface area contributed by atoms with Gasteiger partial charge in [-0.15, -0.1) is 0 Å². The van der Waals surface area contributed by atoms with Crippen molar-refractivity contribution in [1.82, 2.24) is 19.9 Å². The van der Waals surface area contributed by atoms with E-state index in [4.69, 9.17) is 0 Å². The summed E-state index contributed by atoms with van der Waals surface area (Å²) in [6.07, 6.45) is 4.69. The van der Waals surface area contributed by atoms with Gasteiger partial charge in [0.25, 0.3) is 11.8 Å². The number of carbonyl (C=O) groups is 2. The zero-order chi connectivity index (χ0) is 28.3. The SMILES string of the molecule is CN(c1cccc(NC(=O)c2cccc(C(C)(C)C#N)c2)c1)c1ncc2nc(NC(=O)c3cccnc3)sc2n1. The number of thiazole rings is 1. The Labute approximate surface area is 234 Å². The van der Waals surface area contributed by atoms with Gasteiger partial charge in [0.2, 0.25) is 5.95 Å². The molecule has 0 fully saturated rings. The Bertz CT molecular complexity index is 1760. The molecule has 0 radical (unpaired) electrons. The highest BCUT2D eigenvalue weighted by Crippen LogP contribution is 2.29. The summed E-state index contributed by atoms with van der Waals surface area (Å²) in [5.74, 6) is -0.161. The number of hydrogen-bond acceptors (Lipinski definition) is 9. The molecule has 10 nitrogen and oxygen atoms in total. The van der Waals surface area contributed by atoms with E-state index in [1.165, 1.54) is 17.5 Å². The van der Waals surface area contributed by atoms with Crippen molar-refractivity contribution in [2.24, 2.45) is 0 Å². The highest BCUT2D eigenvalue weighted by molar-refractivity contribution is 7.22. The standard InChI is InChI=1S/C29H24N8O2S/c1-29(2,17-30)20-9-4-7-18(13-20)24(38)33-21-10-5-11-22(14-21)37(3)27-32-16-23-26(36-27)40-28(34-23)35-25(39)19-8-6-12-31-15-19/h4-16H,1-3H3,(H,33,38)(H,34,35,39). The number of rotatable bonds is 7. The molecule has 0 aliphatic heterocycles. The monoisotopic (exact) mass is 548 g/mol. The Morgan fingerprint density at radius 3 is 2.50 bits per heavy atom. The number of hydrogen-bond donors (Lipinski definition) is 2. The lowest BCUT2D eigenvalue weighted by atomic mass is 9.85. The molecule has 198 valence electrons. The fourth-order valence-electron chi connectivity index (χ4n) is 3.83. The van der Waals surface area contributed by atoms with Crippen LogP contribution in [0.5, 0.6) is 0 Å². The molecule has 0 aliphatic carbocycles. The van der Waals surface area contributed by atoms with Gasteiger partial charge in [-0.3, -0.25) is 19.9 Å². The van der Waals surface area contributed by atoms with Gasteiger partial charge in [-0.2, -0.15) is 10.2 Å². The molecule has 2 N–H and O–H groups in total. The summed E-state index contributed by atoms with van der Waals surface area (Å²) in [6.45, 7) is 3.63. The van der Waals surface area contributed by atoms with Gasteiger partial charge in [0, 0.05) is 36.4 Å². The van der Waals surface area contributed by atoms with E-state index < -0.39 is 5.41 Å². The first-order valence-electron chi connectivity index (χ1n) is 12.3. The van der Waals surface area contributed by atoms with Crippen LogP contribution in [0.25, 0.3) is 10.3 Å². The third-order valence-electron chi connectivity index (χ3n) is 6.20. The summed E-state index contributed by atoms with van der Waals surface area (Å²) in [5.41, 5.74) is 2.87. The number of aromatic nitrogens is 4. The van der Waals surface area contributed by atoms with Crippen molar-refractivity contribution in [2.75, 3.05) is 22.6 Å². The number of benzene rings is 2. The topological polar surface area (TPSA) is 137 Å². The normalized spacial score (nSPS) is 11.1. The highest BCUT2D eigenvalue weighted by atomic mass is 32.1. The molecule has 5 aromatic rings. The number of carbonyl (C=O) groups excluding carboxylic acids is 2. The van der Waals surface area contributed by atoms with Gasteiger partial charge in [-0.1, -0.05) is 29.5 Å². The predicted octanol–water partition coefficient (Wildman–Crippen LogP) is 5.55. The number of fused-ring (bicyclic) bond motifs is 1. The average Bonchev–Trinajstić information content (AvgIpc) is 3.39. The molecular formula is C29H24N8O2S. The van der Waals surface area contributed by atoms with Crippen LogP contribution < -0.4 is 15.5 Å². The predicted molar refractivity (Wildman–Crippen MR) is 155 cm³/mol. The van der Waals surface area contributed by atoms with Crippen LogP contribution in [0.2, 0.25) is 0 Å². The van der Waals surface area contributed by atoms with E-state index in [0.29, 0.717) is 38.2 Å². The Hall–Kier alpha value is -5.21. The third kappa shape index (κ3) is 5.62. The Morgan fingerprint density at radius 2 is 1.73 bits per heavy atom. The fraction of sp³-hybridized carbons (Fsp3) is 0.138. The minimum atomic E-state index is -0.705. The molecule has 2 amide bonds. The van der Waals surface area contributed by atoms with Crippen LogP contribution in [0.4, 0.5) is 22.5 Å². The second-order valence-corrected chi connectivity index (χ2v) is 10.4.